The molecule has 5 heteroatoms. The largest absolute Gasteiger partial charge is 0.493 e. The fourth-order valence-corrected chi connectivity index (χ4v) is 1.74. The summed E-state index contributed by atoms with van der Waals surface area (Å²) in [6.45, 7) is 1.21. The number of methoxy groups -OCH3 is 1. The van der Waals surface area contributed by atoms with Gasteiger partial charge in [0.15, 0.2) is 11.5 Å². The predicted molar refractivity (Wildman–Crippen MR) is 56.7 cm³/mol. The van der Waals surface area contributed by atoms with Crippen LogP contribution < -0.4 is 19.9 Å². The van der Waals surface area contributed by atoms with Crippen molar-refractivity contribution < 1.29 is 18.6 Å². The van der Waals surface area contributed by atoms with E-state index in [1.807, 2.05) is 0 Å². The van der Waals surface area contributed by atoms with Gasteiger partial charge in [-0.3, -0.25) is 0 Å². The molecule has 2 N–H and O–H groups in total. The van der Waals surface area contributed by atoms with Crippen LogP contribution in [0.25, 0.3) is 0 Å². The Morgan fingerprint density at radius 2 is 2.19 bits per heavy atom. The minimum atomic E-state index is -0.511. The van der Waals surface area contributed by atoms with E-state index in [9.17, 15) is 4.39 Å². The zero-order chi connectivity index (χ0) is 11.5. The van der Waals surface area contributed by atoms with Crippen molar-refractivity contribution >= 4 is 0 Å². The first-order valence-corrected chi connectivity index (χ1v) is 5.13. The molecule has 0 saturated carbocycles. The van der Waals surface area contributed by atoms with Crippen molar-refractivity contribution in [1.29, 1.82) is 0 Å². The third kappa shape index (κ3) is 1.78. The van der Waals surface area contributed by atoms with Crippen LogP contribution in [0, 0.1) is 5.82 Å². The molecule has 0 amide bonds. The second-order valence-corrected chi connectivity index (χ2v) is 3.45. The lowest BCUT2D eigenvalue weighted by Gasteiger charge is -2.21. The average molecular weight is 227 g/mol. The number of nitrogens with two attached hydrogens (primary N) is 1. The molecule has 0 saturated heterocycles. The quantitative estimate of drug-likeness (QED) is 0.840. The first-order valence-electron chi connectivity index (χ1n) is 5.13. The van der Waals surface area contributed by atoms with E-state index in [0.29, 0.717) is 37.5 Å². The molecule has 1 aromatic rings. The van der Waals surface area contributed by atoms with E-state index in [-0.39, 0.29) is 11.5 Å². The van der Waals surface area contributed by atoms with Crippen molar-refractivity contribution in [3.8, 4) is 17.2 Å². The number of hydrogen-bond donors (Lipinski definition) is 1. The third-order valence-electron chi connectivity index (χ3n) is 2.42. The van der Waals surface area contributed by atoms with Gasteiger partial charge in [0.2, 0.25) is 11.6 Å². The molecular formula is C11H14FNO3. The standard InChI is InChI=1S/C11H14FNO3/c1-14-10-7(2-3-13)6-8-11(9(10)12)16-5-4-15-8/h6H,2-5,13H2,1H3. The van der Waals surface area contributed by atoms with Gasteiger partial charge < -0.3 is 19.9 Å². The summed E-state index contributed by atoms with van der Waals surface area (Å²) in [6, 6.07) is 1.73. The second-order valence-electron chi connectivity index (χ2n) is 3.45. The summed E-state index contributed by atoms with van der Waals surface area (Å²) >= 11 is 0. The van der Waals surface area contributed by atoms with E-state index < -0.39 is 5.82 Å². The maximum absolute atomic E-state index is 14.0. The van der Waals surface area contributed by atoms with Crippen LogP contribution in [0.4, 0.5) is 4.39 Å². The average Bonchev–Trinajstić information content (AvgIpc) is 2.30. The Labute approximate surface area is 93.1 Å². The Bertz CT molecular complexity index is 395. The maximum Gasteiger partial charge on any atom is 0.210 e. The number of fused-ring (bicyclic) bond motifs is 1. The van der Waals surface area contributed by atoms with Crippen molar-refractivity contribution in [2.75, 3.05) is 26.9 Å². The highest BCUT2D eigenvalue weighted by molar-refractivity contribution is 5.53. The summed E-state index contributed by atoms with van der Waals surface area (Å²) < 4.78 is 29.5. The molecule has 4 nitrogen and oxygen atoms in total. The van der Waals surface area contributed by atoms with Gasteiger partial charge in [0.05, 0.1) is 7.11 Å². The number of halogens is 1. The Morgan fingerprint density at radius 3 is 2.88 bits per heavy atom. The van der Waals surface area contributed by atoms with Crippen molar-refractivity contribution in [2.45, 2.75) is 6.42 Å². The number of benzene rings is 1. The minimum absolute atomic E-state index is 0.129. The SMILES string of the molecule is COc1c(CCN)cc2c(c1F)OCCO2. The predicted octanol–water partition coefficient (Wildman–Crippen LogP) is 1.11. The lowest BCUT2D eigenvalue weighted by molar-refractivity contribution is 0.162. The van der Waals surface area contributed by atoms with E-state index in [4.69, 9.17) is 19.9 Å². The van der Waals surface area contributed by atoms with Crippen LogP contribution in [-0.4, -0.2) is 26.9 Å². The van der Waals surface area contributed by atoms with E-state index in [1.54, 1.807) is 6.07 Å². The Morgan fingerprint density at radius 1 is 1.44 bits per heavy atom. The highest BCUT2D eigenvalue weighted by Crippen LogP contribution is 2.40. The van der Waals surface area contributed by atoms with Gasteiger partial charge in [-0.1, -0.05) is 0 Å². The molecule has 0 fully saturated rings. The summed E-state index contributed by atoms with van der Waals surface area (Å²) in [5.41, 5.74) is 6.16. The molecule has 1 aliphatic heterocycles. The van der Waals surface area contributed by atoms with E-state index in [2.05, 4.69) is 0 Å². The third-order valence-corrected chi connectivity index (χ3v) is 2.42. The van der Waals surface area contributed by atoms with Crippen LogP contribution in [-0.2, 0) is 6.42 Å². The molecule has 1 aliphatic rings. The fourth-order valence-electron chi connectivity index (χ4n) is 1.74. The van der Waals surface area contributed by atoms with Gasteiger partial charge in [-0.15, -0.1) is 0 Å². The number of hydrogen-bond acceptors (Lipinski definition) is 4. The van der Waals surface area contributed by atoms with E-state index in [1.165, 1.54) is 7.11 Å². The molecule has 0 unspecified atom stereocenters. The summed E-state index contributed by atoms with van der Waals surface area (Å²) in [6.07, 6.45) is 0.538. The lowest BCUT2D eigenvalue weighted by Crippen LogP contribution is -2.17. The normalized spacial score (nSPS) is 13.7. The van der Waals surface area contributed by atoms with E-state index in [0.717, 1.165) is 0 Å². The van der Waals surface area contributed by atoms with Gasteiger partial charge in [0, 0.05) is 5.56 Å². The molecule has 2 rings (SSSR count). The zero-order valence-corrected chi connectivity index (χ0v) is 9.09. The molecule has 0 bridgehead atoms. The summed E-state index contributed by atoms with van der Waals surface area (Å²) in [5, 5.41) is 0. The number of ether oxygens (including phenoxy) is 3. The van der Waals surface area contributed by atoms with Gasteiger partial charge in [-0.2, -0.15) is 4.39 Å². The van der Waals surface area contributed by atoms with Crippen LogP contribution in [0.1, 0.15) is 5.56 Å². The van der Waals surface area contributed by atoms with Crippen molar-refractivity contribution in [3.05, 3.63) is 17.4 Å². The van der Waals surface area contributed by atoms with Crippen molar-refractivity contribution in [3.63, 3.8) is 0 Å². The molecular weight excluding hydrogens is 213 g/mol. The Hall–Kier alpha value is -1.49. The molecule has 0 atom stereocenters. The first-order chi connectivity index (χ1) is 7.77. The van der Waals surface area contributed by atoms with Gasteiger partial charge in [-0.05, 0) is 19.0 Å². The molecule has 0 aromatic heterocycles. The van der Waals surface area contributed by atoms with Crippen LogP contribution in [0.3, 0.4) is 0 Å². The van der Waals surface area contributed by atoms with Crippen LogP contribution >= 0.6 is 0 Å². The first kappa shape index (κ1) is 11.0. The topological polar surface area (TPSA) is 53.7 Å². The zero-order valence-electron chi connectivity index (χ0n) is 9.09. The smallest absolute Gasteiger partial charge is 0.210 e. The second kappa shape index (κ2) is 4.57. The molecule has 0 radical (unpaired) electrons. The summed E-state index contributed by atoms with van der Waals surface area (Å²) in [5.74, 6) is 0.231. The lowest BCUT2D eigenvalue weighted by atomic mass is 10.1. The summed E-state index contributed by atoms with van der Waals surface area (Å²) in [7, 11) is 1.43. The summed E-state index contributed by atoms with van der Waals surface area (Å²) in [4.78, 5) is 0. The molecule has 88 valence electrons. The Kier molecular flexibility index (Phi) is 3.14. The van der Waals surface area contributed by atoms with Gasteiger partial charge in [-0.25, -0.2) is 0 Å². The highest BCUT2D eigenvalue weighted by atomic mass is 19.1. The molecule has 16 heavy (non-hydrogen) atoms. The molecule has 0 aliphatic carbocycles. The van der Waals surface area contributed by atoms with Crippen LogP contribution in [0.2, 0.25) is 0 Å². The van der Waals surface area contributed by atoms with E-state index >= 15 is 0 Å². The molecule has 1 aromatic carbocycles. The van der Waals surface area contributed by atoms with Gasteiger partial charge in [0.25, 0.3) is 0 Å². The molecule has 1 heterocycles. The highest BCUT2D eigenvalue weighted by Gasteiger charge is 2.23. The Balaban J connectivity index is 2.50. The van der Waals surface area contributed by atoms with Crippen LogP contribution in [0.5, 0.6) is 17.2 Å². The minimum Gasteiger partial charge on any atom is -0.493 e. The van der Waals surface area contributed by atoms with Crippen molar-refractivity contribution in [1.82, 2.24) is 0 Å². The van der Waals surface area contributed by atoms with Crippen molar-refractivity contribution in [2.24, 2.45) is 5.73 Å². The number of rotatable bonds is 3. The molecule has 0 spiro atoms. The van der Waals surface area contributed by atoms with Crippen LogP contribution in [0.15, 0.2) is 6.07 Å². The van der Waals surface area contributed by atoms with Gasteiger partial charge >= 0.3 is 0 Å². The maximum atomic E-state index is 14.0. The fraction of sp³-hybridized carbons (Fsp3) is 0.455. The monoisotopic (exact) mass is 227 g/mol. The van der Waals surface area contributed by atoms with Gasteiger partial charge in [0.1, 0.15) is 13.2 Å².